The highest BCUT2D eigenvalue weighted by Gasteiger charge is 2.35. The van der Waals surface area contributed by atoms with Crippen LogP contribution in [0, 0.1) is 0 Å². The molecule has 0 saturated carbocycles. The first-order valence-corrected chi connectivity index (χ1v) is 12.2. The van der Waals surface area contributed by atoms with Crippen LogP contribution in [0.4, 0.5) is 23.7 Å². The smallest absolute Gasteiger partial charge is 0.416 e. The second kappa shape index (κ2) is 9.74. The van der Waals surface area contributed by atoms with Gasteiger partial charge in [0.25, 0.3) is 0 Å². The molecule has 12 heteroatoms. The summed E-state index contributed by atoms with van der Waals surface area (Å²) >= 11 is 0. The molecule has 0 aliphatic carbocycles. The van der Waals surface area contributed by atoms with Crippen molar-refractivity contribution in [3.8, 4) is 0 Å². The summed E-state index contributed by atoms with van der Waals surface area (Å²) < 4.78 is 41.6. The van der Waals surface area contributed by atoms with Crippen LogP contribution in [0.15, 0.2) is 30.5 Å². The van der Waals surface area contributed by atoms with Crippen molar-refractivity contribution in [2.24, 2.45) is 0 Å². The molecule has 194 valence electrons. The third kappa shape index (κ3) is 5.05. The molecule has 1 aromatic heterocycles. The molecule has 3 fully saturated rings. The molecule has 3 aliphatic heterocycles. The number of carbonyl (C=O) groups excluding carboxylic acids is 1. The summed E-state index contributed by atoms with van der Waals surface area (Å²) in [6.45, 7) is 5.78. The zero-order valence-electron chi connectivity index (χ0n) is 19.8. The number of amides is 1. The van der Waals surface area contributed by atoms with E-state index in [1.54, 1.807) is 11.0 Å². The molecule has 36 heavy (non-hydrogen) atoms. The second-order valence-electron chi connectivity index (χ2n) is 9.62. The maximum Gasteiger partial charge on any atom is 0.416 e. The Bertz CT molecular complexity index is 1130. The predicted molar refractivity (Wildman–Crippen MR) is 125 cm³/mol. The lowest BCUT2D eigenvalue weighted by Gasteiger charge is -2.40. The number of hydrogen-bond donors (Lipinski definition) is 1. The Morgan fingerprint density at radius 3 is 2.50 bits per heavy atom. The van der Waals surface area contributed by atoms with E-state index in [0.29, 0.717) is 51.0 Å². The molecule has 1 unspecified atom stereocenters. The van der Waals surface area contributed by atoms with Crippen LogP contribution in [-0.4, -0.2) is 100.0 Å². The van der Waals surface area contributed by atoms with Crippen molar-refractivity contribution in [2.45, 2.75) is 31.6 Å². The van der Waals surface area contributed by atoms with Crippen molar-refractivity contribution >= 4 is 17.7 Å². The number of fused-ring (bicyclic) bond motifs is 1. The maximum absolute atomic E-state index is 13.5. The van der Waals surface area contributed by atoms with E-state index in [2.05, 4.69) is 19.8 Å². The SMILES string of the molecule is O=C(O)c1ccn(C(=O)N2CCN(Cc3ccc(C(F)(F)F)cc3N3CCN4CCCC4C3)CC2)n1. The minimum Gasteiger partial charge on any atom is -0.476 e. The van der Waals surface area contributed by atoms with Crippen molar-refractivity contribution in [3.63, 3.8) is 0 Å². The van der Waals surface area contributed by atoms with Gasteiger partial charge in [0.15, 0.2) is 5.69 Å². The molecule has 1 N–H and O–H groups in total. The van der Waals surface area contributed by atoms with Crippen LogP contribution in [0.25, 0.3) is 0 Å². The fourth-order valence-corrected chi connectivity index (χ4v) is 5.41. The minimum absolute atomic E-state index is 0.199. The molecule has 3 aliphatic rings. The number of carboxylic acid groups (broad SMARTS) is 1. The zero-order chi connectivity index (χ0) is 25.4. The number of halogens is 3. The number of piperazine rings is 2. The molecule has 1 aromatic carbocycles. The molecule has 9 nitrogen and oxygen atoms in total. The van der Waals surface area contributed by atoms with E-state index in [4.69, 9.17) is 5.11 Å². The van der Waals surface area contributed by atoms with Crippen LogP contribution >= 0.6 is 0 Å². The number of carbonyl (C=O) groups is 2. The summed E-state index contributed by atoms with van der Waals surface area (Å²) in [4.78, 5) is 32.0. The van der Waals surface area contributed by atoms with Crippen LogP contribution in [0.3, 0.4) is 0 Å². The van der Waals surface area contributed by atoms with E-state index in [9.17, 15) is 22.8 Å². The first-order valence-electron chi connectivity index (χ1n) is 12.2. The van der Waals surface area contributed by atoms with E-state index < -0.39 is 23.7 Å². The zero-order valence-corrected chi connectivity index (χ0v) is 19.8. The lowest BCUT2D eigenvalue weighted by atomic mass is 10.0. The van der Waals surface area contributed by atoms with Gasteiger partial charge in [-0.2, -0.15) is 23.0 Å². The number of aromatic nitrogens is 2. The monoisotopic (exact) mass is 506 g/mol. The molecule has 1 atom stereocenters. The number of benzene rings is 1. The third-order valence-electron chi connectivity index (χ3n) is 7.38. The Balaban J connectivity index is 1.27. The van der Waals surface area contributed by atoms with Gasteiger partial charge in [-0.25, -0.2) is 9.59 Å². The van der Waals surface area contributed by atoms with Crippen LogP contribution < -0.4 is 4.90 Å². The minimum atomic E-state index is -4.40. The molecule has 0 radical (unpaired) electrons. The largest absolute Gasteiger partial charge is 0.476 e. The molecular weight excluding hydrogens is 477 g/mol. The van der Waals surface area contributed by atoms with Gasteiger partial charge >= 0.3 is 18.2 Å². The first-order chi connectivity index (χ1) is 17.2. The van der Waals surface area contributed by atoms with E-state index in [1.165, 1.54) is 18.3 Å². The van der Waals surface area contributed by atoms with E-state index in [0.717, 1.165) is 48.8 Å². The highest BCUT2D eigenvalue weighted by atomic mass is 19.4. The first kappa shape index (κ1) is 24.6. The van der Waals surface area contributed by atoms with Crippen LogP contribution in [-0.2, 0) is 12.7 Å². The number of nitrogens with zero attached hydrogens (tertiary/aromatic N) is 6. The van der Waals surface area contributed by atoms with Crippen molar-refractivity contribution in [3.05, 3.63) is 47.3 Å². The molecule has 3 saturated heterocycles. The van der Waals surface area contributed by atoms with Gasteiger partial charge in [0.2, 0.25) is 0 Å². The summed E-state index contributed by atoms with van der Waals surface area (Å²) in [5.41, 5.74) is 0.667. The van der Waals surface area contributed by atoms with Crippen LogP contribution in [0.2, 0.25) is 0 Å². The Labute approximate surface area is 206 Å². The summed E-state index contributed by atoms with van der Waals surface area (Å²) in [5.74, 6) is -1.20. The van der Waals surface area contributed by atoms with Gasteiger partial charge in [-0.05, 0) is 43.1 Å². The fourth-order valence-electron chi connectivity index (χ4n) is 5.41. The van der Waals surface area contributed by atoms with Gasteiger partial charge in [-0.1, -0.05) is 6.07 Å². The Morgan fingerprint density at radius 2 is 1.81 bits per heavy atom. The van der Waals surface area contributed by atoms with E-state index in [1.807, 2.05) is 0 Å². The average molecular weight is 507 g/mol. The van der Waals surface area contributed by atoms with Gasteiger partial charge in [-0.3, -0.25) is 9.80 Å². The molecule has 5 rings (SSSR count). The van der Waals surface area contributed by atoms with Gasteiger partial charge in [0.05, 0.1) is 5.56 Å². The van der Waals surface area contributed by atoms with Crippen molar-refractivity contribution in [2.75, 3.05) is 57.3 Å². The van der Waals surface area contributed by atoms with Gasteiger partial charge in [-0.15, -0.1) is 0 Å². The fraction of sp³-hybridized carbons (Fsp3) is 0.542. The average Bonchev–Trinajstić information content (AvgIpc) is 3.53. The summed E-state index contributed by atoms with van der Waals surface area (Å²) in [7, 11) is 0. The molecule has 4 heterocycles. The van der Waals surface area contributed by atoms with Crippen LogP contribution in [0.1, 0.15) is 34.5 Å². The van der Waals surface area contributed by atoms with Gasteiger partial charge in [0.1, 0.15) is 0 Å². The number of alkyl halides is 3. The normalized spacial score (nSPS) is 21.6. The number of rotatable bonds is 4. The van der Waals surface area contributed by atoms with E-state index >= 15 is 0 Å². The highest BCUT2D eigenvalue weighted by Crippen LogP contribution is 2.35. The maximum atomic E-state index is 13.5. The Kier molecular flexibility index (Phi) is 6.64. The van der Waals surface area contributed by atoms with Crippen molar-refractivity contribution in [1.29, 1.82) is 0 Å². The standard InChI is InChI=1S/C24H29F3N6O3/c25-24(26,27)18-4-3-17(21(14-18)32-13-12-30-6-1-2-19(30)16-32)15-29-8-10-31(11-9-29)23(36)33-7-5-20(28-33)22(34)35/h3-5,7,14,19H,1-2,6,8-13,15-16H2,(H,34,35). The number of aromatic carboxylic acids is 1. The summed E-state index contributed by atoms with van der Waals surface area (Å²) in [6.07, 6.45) is -0.865. The highest BCUT2D eigenvalue weighted by molar-refractivity contribution is 5.86. The number of carboxylic acids is 1. The Morgan fingerprint density at radius 1 is 1.03 bits per heavy atom. The molecular formula is C24H29F3N6O3. The van der Waals surface area contributed by atoms with Crippen LogP contribution in [0.5, 0.6) is 0 Å². The Hall–Kier alpha value is -3.12. The lowest BCUT2D eigenvalue weighted by Crippen LogP contribution is -2.51. The lowest BCUT2D eigenvalue weighted by molar-refractivity contribution is -0.137. The molecule has 0 spiro atoms. The quantitative estimate of drug-likeness (QED) is 0.683. The second-order valence-corrected chi connectivity index (χ2v) is 9.62. The summed E-state index contributed by atoms with van der Waals surface area (Å²) in [6, 6.07) is 5.30. The van der Waals surface area contributed by atoms with Gasteiger partial charge in [0, 0.05) is 70.3 Å². The molecule has 2 aromatic rings. The molecule has 1 amide bonds. The third-order valence-corrected chi connectivity index (χ3v) is 7.38. The summed E-state index contributed by atoms with van der Waals surface area (Å²) in [5, 5.41) is 12.8. The van der Waals surface area contributed by atoms with E-state index in [-0.39, 0.29) is 5.69 Å². The topological polar surface area (TPSA) is 85.1 Å². The number of hydrogen-bond acceptors (Lipinski definition) is 6. The number of anilines is 1. The van der Waals surface area contributed by atoms with Crippen molar-refractivity contribution < 1.29 is 27.9 Å². The molecule has 0 bridgehead atoms. The van der Waals surface area contributed by atoms with Crippen molar-refractivity contribution in [1.82, 2.24) is 24.5 Å². The van der Waals surface area contributed by atoms with Gasteiger partial charge < -0.3 is 14.9 Å². The predicted octanol–water partition coefficient (Wildman–Crippen LogP) is 2.67.